The Kier molecular flexibility index (Phi) is 9.73. The second kappa shape index (κ2) is 12.0. The largest absolute Gasteiger partial charge is 0.490 e. The van der Waals surface area contributed by atoms with Crippen LogP contribution in [-0.4, -0.2) is 6.61 Å². The minimum absolute atomic E-state index is 0. The summed E-state index contributed by atoms with van der Waals surface area (Å²) >= 11 is 12.2. The van der Waals surface area contributed by atoms with Crippen LogP contribution in [0.2, 0.25) is 10.0 Å². The predicted octanol–water partition coefficient (Wildman–Crippen LogP) is 6.82. The van der Waals surface area contributed by atoms with E-state index in [2.05, 4.69) is 5.32 Å². The second-order valence-corrected chi connectivity index (χ2v) is 7.31. The van der Waals surface area contributed by atoms with Crippen molar-refractivity contribution in [3.8, 4) is 11.5 Å². The number of nitrogens with one attached hydrogen (secondary N) is 1. The number of hydrogen-bond donors (Lipinski definition) is 1. The molecule has 0 aliphatic rings. The number of benzene rings is 3. The molecule has 0 spiro atoms. The summed E-state index contributed by atoms with van der Waals surface area (Å²) in [4.78, 5) is 0. The SMILES string of the molecule is CCOc1cc(CNCc2ccc(F)cc2)ccc1OCc1ccc(Cl)cc1Cl.Cl. The molecule has 0 aromatic heterocycles. The summed E-state index contributed by atoms with van der Waals surface area (Å²) < 4.78 is 24.7. The molecule has 3 nitrogen and oxygen atoms in total. The first-order valence-electron chi connectivity index (χ1n) is 9.32. The van der Waals surface area contributed by atoms with Gasteiger partial charge in [-0.3, -0.25) is 0 Å². The summed E-state index contributed by atoms with van der Waals surface area (Å²) in [5, 5.41) is 4.50. The van der Waals surface area contributed by atoms with Crippen molar-refractivity contribution < 1.29 is 13.9 Å². The first-order valence-corrected chi connectivity index (χ1v) is 10.1. The quantitative estimate of drug-likeness (QED) is 0.372. The molecule has 0 aliphatic carbocycles. The van der Waals surface area contributed by atoms with Crippen LogP contribution in [0.3, 0.4) is 0 Å². The lowest BCUT2D eigenvalue weighted by Crippen LogP contribution is -2.13. The first kappa shape index (κ1) is 24.3. The van der Waals surface area contributed by atoms with Crippen molar-refractivity contribution in [1.82, 2.24) is 5.32 Å². The minimum atomic E-state index is -0.231. The van der Waals surface area contributed by atoms with Crippen LogP contribution in [0.5, 0.6) is 11.5 Å². The van der Waals surface area contributed by atoms with Crippen molar-refractivity contribution in [2.75, 3.05) is 6.61 Å². The van der Waals surface area contributed by atoms with E-state index in [1.165, 1.54) is 12.1 Å². The van der Waals surface area contributed by atoms with Gasteiger partial charge in [0.1, 0.15) is 12.4 Å². The van der Waals surface area contributed by atoms with E-state index < -0.39 is 0 Å². The van der Waals surface area contributed by atoms with Crippen molar-refractivity contribution in [2.24, 2.45) is 0 Å². The van der Waals surface area contributed by atoms with Crippen LogP contribution in [-0.2, 0) is 19.7 Å². The Labute approximate surface area is 192 Å². The fourth-order valence-electron chi connectivity index (χ4n) is 2.80. The van der Waals surface area contributed by atoms with Crippen LogP contribution in [0.15, 0.2) is 60.7 Å². The third-order valence-electron chi connectivity index (χ3n) is 4.28. The monoisotopic (exact) mass is 469 g/mol. The molecule has 0 saturated carbocycles. The molecule has 0 fully saturated rings. The molecular weight excluding hydrogens is 448 g/mol. The van der Waals surface area contributed by atoms with E-state index in [-0.39, 0.29) is 18.2 Å². The predicted molar refractivity (Wildman–Crippen MR) is 123 cm³/mol. The van der Waals surface area contributed by atoms with Crippen LogP contribution in [0.25, 0.3) is 0 Å². The Hall–Kier alpha value is -1.98. The average Bonchev–Trinajstić information content (AvgIpc) is 2.70. The number of halogens is 4. The van der Waals surface area contributed by atoms with Crippen molar-refractivity contribution in [2.45, 2.75) is 26.6 Å². The molecule has 0 radical (unpaired) electrons. The molecular formula is C23H23Cl3FNO2. The van der Waals surface area contributed by atoms with Gasteiger partial charge in [-0.25, -0.2) is 4.39 Å². The van der Waals surface area contributed by atoms with Crippen molar-refractivity contribution in [1.29, 1.82) is 0 Å². The van der Waals surface area contributed by atoms with E-state index in [0.29, 0.717) is 47.8 Å². The fourth-order valence-corrected chi connectivity index (χ4v) is 3.26. The van der Waals surface area contributed by atoms with Crippen molar-refractivity contribution in [3.05, 3.63) is 93.2 Å². The van der Waals surface area contributed by atoms with Gasteiger partial charge in [-0.1, -0.05) is 47.5 Å². The lowest BCUT2D eigenvalue weighted by molar-refractivity contribution is 0.269. The van der Waals surface area contributed by atoms with Crippen molar-refractivity contribution >= 4 is 35.6 Å². The molecule has 0 amide bonds. The Morgan fingerprint density at radius 3 is 2.23 bits per heavy atom. The summed E-state index contributed by atoms with van der Waals surface area (Å²) in [5.74, 6) is 1.10. The zero-order valence-electron chi connectivity index (χ0n) is 16.5. The Balaban J connectivity index is 0.00000320. The summed E-state index contributed by atoms with van der Waals surface area (Å²) in [6, 6.07) is 17.6. The second-order valence-electron chi connectivity index (χ2n) is 6.47. The summed E-state index contributed by atoms with van der Waals surface area (Å²) in [6.45, 7) is 4.08. The zero-order chi connectivity index (χ0) is 20.6. The highest BCUT2D eigenvalue weighted by Crippen LogP contribution is 2.30. The minimum Gasteiger partial charge on any atom is -0.490 e. The van der Waals surface area contributed by atoms with Crippen LogP contribution >= 0.6 is 35.6 Å². The lowest BCUT2D eigenvalue weighted by atomic mass is 10.1. The molecule has 0 bridgehead atoms. The fraction of sp³-hybridized carbons (Fsp3) is 0.217. The molecule has 3 aromatic rings. The van der Waals surface area contributed by atoms with Crippen LogP contribution < -0.4 is 14.8 Å². The Bertz CT molecular complexity index is 952. The molecule has 30 heavy (non-hydrogen) atoms. The highest BCUT2D eigenvalue weighted by molar-refractivity contribution is 6.35. The highest BCUT2D eigenvalue weighted by atomic mass is 35.5. The van der Waals surface area contributed by atoms with Gasteiger partial charge in [-0.15, -0.1) is 12.4 Å². The maximum atomic E-state index is 13.0. The Morgan fingerprint density at radius 2 is 1.53 bits per heavy atom. The molecule has 0 atom stereocenters. The average molecular weight is 471 g/mol. The van der Waals surface area contributed by atoms with Gasteiger partial charge < -0.3 is 14.8 Å². The maximum Gasteiger partial charge on any atom is 0.161 e. The van der Waals surface area contributed by atoms with Crippen molar-refractivity contribution in [3.63, 3.8) is 0 Å². The van der Waals surface area contributed by atoms with E-state index in [1.54, 1.807) is 24.3 Å². The number of hydrogen-bond acceptors (Lipinski definition) is 3. The van der Waals surface area contributed by atoms with Gasteiger partial charge in [0.05, 0.1) is 6.61 Å². The summed E-state index contributed by atoms with van der Waals surface area (Å²) in [6.07, 6.45) is 0. The van der Waals surface area contributed by atoms with Gasteiger partial charge in [-0.2, -0.15) is 0 Å². The van der Waals surface area contributed by atoms with Gasteiger partial charge in [0, 0.05) is 28.7 Å². The molecule has 0 saturated heterocycles. The summed E-state index contributed by atoms with van der Waals surface area (Å²) in [7, 11) is 0. The molecule has 0 heterocycles. The standard InChI is InChI=1S/C23H22Cl2FNO2.ClH/c1-2-28-23-11-17(14-27-13-16-3-8-20(26)9-4-16)5-10-22(23)29-15-18-6-7-19(24)12-21(18)25;/h3-12,27H,2,13-15H2,1H3;1H. The highest BCUT2D eigenvalue weighted by Gasteiger charge is 2.09. The topological polar surface area (TPSA) is 30.5 Å². The normalized spacial score (nSPS) is 10.4. The molecule has 0 unspecified atom stereocenters. The molecule has 160 valence electrons. The van der Waals surface area contributed by atoms with Crippen LogP contribution in [0.1, 0.15) is 23.6 Å². The van der Waals surface area contributed by atoms with E-state index in [4.69, 9.17) is 32.7 Å². The van der Waals surface area contributed by atoms with E-state index in [9.17, 15) is 4.39 Å². The van der Waals surface area contributed by atoms with Crippen LogP contribution in [0.4, 0.5) is 4.39 Å². The lowest BCUT2D eigenvalue weighted by Gasteiger charge is -2.14. The van der Waals surface area contributed by atoms with Gasteiger partial charge >= 0.3 is 0 Å². The third-order valence-corrected chi connectivity index (χ3v) is 4.86. The third kappa shape index (κ3) is 7.06. The first-order chi connectivity index (χ1) is 14.0. The number of rotatable bonds is 9. The van der Waals surface area contributed by atoms with Crippen LogP contribution in [0, 0.1) is 5.82 Å². The van der Waals surface area contributed by atoms with Gasteiger partial charge in [0.15, 0.2) is 11.5 Å². The molecule has 0 aliphatic heterocycles. The van der Waals surface area contributed by atoms with Gasteiger partial charge in [0.2, 0.25) is 0 Å². The van der Waals surface area contributed by atoms with E-state index in [1.807, 2.05) is 31.2 Å². The summed E-state index contributed by atoms with van der Waals surface area (Å²) in [5.41, 5.74) is 2.94. The number of ether oxygens (including phenoxy) is 2. The maximum absolute atomic E-state index is 13.0. The molecule has 7 heteroatoms. The van der Waals surface area contributed by atoms with Gasteiger partial charge in [0.25, 0.3) is 0 Å². The smallest absolute Gasteiger partial charge is 0.161 e. The Morgan fingerprint density at radius 1 is 0.833 bits per heavy atom. The van der Waals surface area contributed by atoms with Gasteiger partial charge in [-0.05, 0) is 54.4 Å². The zero-order valence-corrected chi connectivity index (χ0v) is 18.8. The molecule has 3 rings (SSSR count). The van der Waals surface area contributed by atoms with E-state index >= 15 is 0 Å². The molecule has 3 aromatic carbocycles. The molecule has 1 N–H and O–H groups in total. The van der Waals surface area contributed by atoms with E-state index in [0.717, 1.165) is 16.7 Å².